The Morgan fingerprint density at radius 2 is 1.68 bits per heavy atom. The molecule has 2 aromatic rings. The van der Waals surface area contributed by atoms with Crippen molar-refractivity contribution < 1.29 is 9.18 Å². The van der Waals surface area contributed by atoms with Crippen molar-refractivity contribution in [1.82, 2.24) is 14.9 Å². The van der Waals surface area contributed by atoms with Gasteiger partial charge in [0.2, 0.25) is 11.9 Å². The largest absolute Gasteiger partial charge is 0.342 e. The monoisotopic (exact) mass is 382 g/mol. The molecule has 0 aliphatic carbocycles. The molecule has 1 aromatic heterocycles. The Bertz CT molecular complexity index is 800. The average Bonchev–Trinajstić information content (AvgIpc) is 2.75. The molecule has 0 unspecified atom stereocenters. The average molecular weight is 382 g/mol. The first-order valence-corrected chi connectivity index (χ1v) is 10.2. The van der Waals surface area contributed by atoms with Gasteiger partial charge in [-0.25, -0.2) is 14.4 Å². The fraction of sp³-hybridized carbons (Fsp3) is 0.500. The third-order valence-corrected chi connectivity index (χ3v) is 5.96. The van der Waals surface area contributed by atoms with Crippen LogP contribution in [0.25, 0.3) is 11.1 Å². The van der Waals surface area contributed by atoms with Crippen molar-refractivity contribution in [2.24, 2.45) is 11.8 Å². The van der Waals surface area contributed by atoms with Crippen molar-refractivity contribution >= 4 is 11.9 Å². The summed E-state index contributed by atoms with van der Waals surface area (Å²) in [5, 5.41) is 0. The first-order chi connectivity index (χ1) is 13.6. The van der Waals surface area contributed by atoms with Crippen LogP contribution in [-0.2, 0) is 4.79 Å². The predicted molar refractivity (Wildman–Crippen MR) is 107 cm³/mol. The molecule has 2 fully saturated rings. The lowest BCUT2D eigenvalue weighted by Gasteiger charge is -2.37. The quantitative estimate of drug-likeness (QED) is 0.811. The third-order valence-electron chi connectivity index (χ3n) is 5.96. The van der Waals surface area contributed by atoms with E-state index in [4.69, 9.17) is 0 Å². The second-order valence-electron chi connectivity index (χ2n) is 8.07. The number of hydrogen-bond acceptors (Lipinski definition) is 4. The zero-order valence-electron chi connectivity index (χ0n) is 16.4. The number of amides is 1. The van der Waals surface area contributed by atoms with Crippen molar-refractivity contribution in [1.29, 1.82) is 0 Å². The lowest BCUT2D eigenvalue weighted by molar-refractivity contribution is -0.137. The Hall–Kier alpha value is -2.50. The zero-order chi connectivity index (χ0) is 19.5. The van der Waals surface area contributed by atoms with Gasteiger partial charge in [0.25, 0.3) is 0 Å². The minimum absolute atomic E-state index is 0.0301. The molecule has 1 atom stereocenters. The summed E-state index contributed by atoms with van der Waals surface area (Å²) in [7, 11) is 0. The Morgan fingerprint density at radius 3 is 2.36 bits per heavy atom. The van der Waals surface area contributed by atoms with E-state index >= 15 is 0 Å². The van der Waals surface area contributed by atoms with E-state index in [1.54, 1.807) is 24.5 Å². The van der Waals surface area contributed by atoms with E-state index in [0.717, 1.165) is 62.4 Å². The molecule has 3 heterocycles. The van der Waals surface area contributed by atoms with Gasteiger partial charge in [0, 0.05) is 44.1 Å². The van der Waals surface area contributed by atoms with Crippen LogP contribution in [0.4, 0.5) is 10.3 Å². The van der Waals surface area contributed by atoms with Crippen LogP contribution in [0.3, 0.4) is 0 Å². The molecule has 0 radical (unpaired) electrons. The maximum absolute atomic E-state index is 13.1. The van der Waals surface area contributed by atoms with Crippen LogP contribution in [-0.4, -0.2) is 47.0 Å². The summed E-state index contributed by atoms with van der Waals surface area (Å²) < 4.78 is 13.1. The Balaban J connectivity index is 1.41. The van der Waals surface area contributed by atoms with Gasteiger partial charge in [-0.15, -0.1) is 0 Å². The minimum atomic E-state index is -0.256. The van der Waals surface area contributed by atoms with Crippen LogP contribution in [0, 0.1) is 17.7 Å². The molecule has 1 amide bonds. The molecule has 0 N–H and O–H groups in total. The van der Waals surface area contributed by atoms with Gasteiger partial charge in [-0.1, -0.05) is 19.1 Å². The molecule has 0 spiro atoms. The highest BCUT2D eigenvalue weighted by molar-refractivity contribution is 5.79. The number of aromatic nitrogens is 2. The summed E-state index contributed by atoms with van der Waals surface area (Å²) in [5.74, 6) is 1.45. The molecule has 2 aliphatic rings. The van der Waals surface area contributed by atoms with Crippen LogP contribution < -0.4 is 4.90 Å². The highest BCUT2D eigenvalue weighted by Gasteiger charge is 2.31. The minimum Gasteiger partial charge on any atom is -0.342 e. The summed E-state index contributed by atoms with van der Waals surface area (Å²) in [6, 6.07) is 6.32. The van der Waals surface area contributed by atoms with E-state index in [9.17, 15) is 9.18 Å². The molecule has 6 heteroatoms. The number of halogens is 1. The number of hydrogen-bond donors (Lipinski definition) is 0. The molecular weight excluding hydrogens is 355 g/mol. The Morgan fingerprint density at radius 1 is 1.00 bits per heavy atom. The maximum atomic E-state index is 13.1. The number of anilines is 1. The fourth-order valence-electron chi connectivity index (χ4n) is 4.12. The number of benzene rings is 1. The first kappa shape index (κ1) is 18.8. The molecule has 148 valence electrons. The van der Waals surface area contributed by atoms with Crippen LogP contribution in [0.15, 0.2) is 36.7 Å². The maximum Gasteiger partial charge on any atom is 0.227 e. The van der Waals surface area contributed by atoms with Crippen molar-refractivity contribution in [2.45, 2.75) is 32.6 Å². The summed E-state index contributed by atoms with van der Waals surface area (Å²) in [6.45, 7) is 5.59. The molecule has 2 saturated heterocycles. The van der Waals surface area contributed by atoms with Crippen LogP contribution in [0.1, 0.15) is 32.6 Å². The van der Waals surface area contributed by atoms with Gasteiger partial charge in [0.05, 0.1) is 5.92 Å². The highest BCUT2D eigenvalue weighted by Crippen LogP contribution is 2.26. The molecule has 0 bridgehead atoms. The molecule has 2 aliphatic heterocycles. The number of carbonyl (C=O) groups excluding carboxylic acids is 1. The van der Waals surface area contributed by atoms with Gasteiger partial charge >= 0.3 is 0 Å². The van der Waals surface area contributed by atoms with Crippen molar-refractivity contribution in [3.63, 3.8) is 0 Å². The summed E-state index contributed by atoms with van der Waals surface area (Å²) in [5.41, 5.74) is 1.75. The second-order valence-corrected chi connectivity index (χ2v) is 8.07. The van der Waals surface area contributed by atoms with E-state index in [2.05, 4.69) is 21.8 Å². The molecule has 4 rings (SSSR count). The lowest BCUT2D eigenvalue weighted by Crippen LogP contribution is -2.47. The van der Waals surface area contributed by atoms with E-state index in [1.165, 1.54) is 12.1 Å². The molecule has 1 aromatic carbocycles. The van der Waals surface area contributed by atoms with E-state index in [0.29, 0.717) is 18.4 Å². The summed E-state index contributed by atoms with van der Waals surface area (Å²) in [6.07, 6.45) is 7.67. The van der Waals surface area contributed by atoms with Gasteiger partial charge in [0.15, 0.2) is 0 Å². The van der Waals surface area contributed by atoms with Crippen molar-refractivity contribution in [3.8, 4) is 11.1 Å². The molecule has 28 heavy (non-hydrogen) atoms. The van der Waals surface area contributed by atoms with E-state index in [-0.39, 0.29) is 11.7 Å². The van der Waals surface area contributed by atoms with Gasteiger partial charge in [-0.2, -0.15) is 0 Å². The van der Waals surface area contributed by atoms with E-state index < -0.39 is 0 Å². The summed E-state index contributed by atoms with van der Waals surface area (Å²) >= 11 is 0. The van der Waals surface area contributed by atoms with Crippen LogP contribution in [0.2, 0.25) is 0 Å². The van der Waals surface area contributed by atoms with Gasteiger partial charge in [0.1, 0.15) is 5.82 Å². The number of likely N-dealkylation sites (tertiary alicyclic amines) is 1. The normalized spacial score (nSPS) is 21.0. The SMILES string of the molecule is CC1CCN(C(=O)[C@H]2CCCN(c3ncc(-c4ccc(F)cc4)cn3)C2)CC1. The fourth-order valence-corrected chi connectivity index (χ4v) is 4.12. The third kappa shape index (κ3) is 4.16. The van der Waals surface area contributed by atoms with Crippen LogP contribution in [0.5, 0.6) is 0 Å². The zero-order valence-corrected chi connectivity index (χ0v) is 16.4. The highest BCUT2D eigenvalue weighted by atomic mass is 19.1. The molecular formula is C22H27FN4O. The number of piperidine rings is 2. The van der Waals surface area contributed by atoms with E-state index in [1.807, 2.05) is 4.90 Å². The predicted octanol–water partition coefficient (Wildman–Crippen LogP) is 3.76. The van der Waals surface area contributed by atoms with Crippen molar-refractivity contribution in [2.75, 3.05) is 31.1 Å². The standard InChI is InChI=1S/C22H27FN4O/c1-16-8-11-26(12-9-16)21(28)18-3-2-10-27(15-18)22-24-13-19(14-25-22)17-4-6-20(23)7-5-17/h4-7,13-14,16,18H,2-3,8-12,15H2,1H3/t18-/m0/s1. The van der Waals surface area contributed by atoms with Gasteiger partial charge < -0.3 is 9.80 Å². The topological polar surface area (TPSA) is 49.3 Å². The summed E-state index contributed by atoms with van der Waals surface area (Å²) in [4.78, 5) is 26.1. The van der Waals surface area contributed by atoms with Crippen molar-refractivity contribution in [3.05, 3.63) is 42.5 Å². The number of rotatable bonds is 3. The van der Waals surface area contributed by atoms with Gasteiger partial charge in [-0.05, 0) is 49.3 Å². The van der Waals surface area contributed by atoms with Crippen LogP contribution >= 0.6 is 0 Å². The molecule has 0 saturated carbocycles. The Kier molecular flexibility index (Phi) is 5.55. The second kappa shape index (κ2) is 8.25. The van der Waals surface area contributed by atoms with Gasteiger partial charge in [-0.3, -0.25) is 4.79 Å². The first-order valence-electron chi connectivity index (χ1n) is 10.2. The number of carbonyl (C=O) groups is 1. The Labute approximate surface area is 165 Å². The molecule has 5 nitrogen and oxygen atoms in total. The number of nitrogens with zero attached hydrogens (tertiary/aromatic N) is 4. The lowest BCUT2D eigenvalue weighted by atomic mass is 9.93. The smallest absolute Gasteiger partial charge is 0.227 e.